The molecule has 1 aliphatic carbocycles. The lowest BCUT2D eigenvalue weighted by molar-refractivity contribution is 0.257. The summed E-state index contributed by atoms with van der Waals surface area (Å²) in [6.07, 6.45) is 7.26. The summed E-state index contributed by atoms with van der Waals surface area (Å²) in [4.78, 5) is 0. The zero-order valence-corrected chi connectivity index (χ0v) is 9.90. The standard InChI is InChI=1S/C10H21N.C2H6/c1-3-9-5-4-6-10(7-9)8-11-2;1-2/h9-11H,3-8H2,1-2H3;1-2H3. The van der Waals surface area contributed by atoms with Crippen LogP contribution in [0.4, 0.5) is 0 Å². The van der Waals surface area contributed by atoms with Gasteiger partial charge in [0, 0.05) is 0 Å². The van der Waals surface area contributed by atoms with Gasteiger partial charge >= 0.3 is 0 Å². The third-order valence-electron chi connectivity index (χ3n) is 2.96. The predicted octanol–water partition coefficient (Wildman–Crippen LogP) is 3.45. The molecule has 2 unspecified atom stereocenters. The molecule has 1 heteroatoms. The van der Waals surface area contributed by atoms with Crippen molar-refractivity contribution in [3.05, 3.63) is 0 Å². The van der Waals surface area contributed by atoms with Crippen molar-refractivity contribution in [2.24, 2.45) is 11.8 Å². The van der Waals surface area contributed by atoms with Crippen molar-refractivity contribution in [1.82, 2.24) is 5.32 Å². The fourth-order valence-corrected chi connectivity index (χ4v) is 2.25. The lowest BCUT2D eigenvalue weighted by Gasteiger charge is -2.28. The van der Waals surface area contributed by atoms with Crippen LogP contribution >= 0.6 is 0 Å². The van der Waals surface area contributed by atoms with Gasteiger partial charge in [0.2, 0.25) is 0 Å². The highest BCUT2D eigenvalue weighted by Gasteiger charge is 2.19. The van der Waals surface area contributed by atoms with Gasteiger partial charge in [-0.1, -0.05) is 40.0 Å². The number of hydrogen-bond acceptors (Lipinski definition) is 1. The van der Waals surface area contributed by atoms with Gasteiger partial charge in [-0.3, -0.25) is 0 Å². The molecule has 0 heterocycles. The summed E-state index contributed by atoms with van der Waals surface area (Å²) in [5.74, 6) is 2.00. The molecule has 1 nitrogen and oxygen atoms in total. The second-order valence-electron chi connectivity index (χ2n) is 3.86. The molecule has 0 radical (unpaired) electrons. The van der Waals surface area contributed by atoms with Crippen LogP contribution in [-0.2, 0) is 0 Å². The van der Waals surface area contributed by atoms with E-state index in [1.807, 2.05) is 13.8 Å². The molecule has 13 heavy (non-hydrogen) atoms. The minimum atomic E-state index is 0.971. The predicted molar refractivity (Wildman–Crippen MR) is 61.0 cm³/mol. The molecule has 2 atom stereocenters. The fraction of sp³-hybridized carbons (Fsp3) is 1.00. The highest BCUT2D eigenvalue weighted by atomic mass is 14.8. The molecule has 0 aromatic rings. The first-order chi connectivity index (χ1) is 6.36. The van der Waals surface area contributed by atoms with Crippen molar-refractivity contribution in [3.8, 4) is 0 Å². The van der Waals surface area contributed by atoms with Gasteiger partial charge in [0.05, 0.1) is 0 Å². The number of hydrogen-bond donors (Lipinski definition) is 1. The molecule has 0 aromatic heterocycles. The third-order valence-corrected chi connectivity index (χ3v) is 2.96. The van der Waals surface area contributed by atoms with Gasteiger partial charge in [0.15, 0.2) is 0 Å². The van der Waals surface area contributed by atoms with Crippen LogP contribution in [0.3, 0.4) is 0 Å². The van der Waals surface area contributed by atoms with Gasteiger partial charge in [-0.15, -0.1) is 0 Å². The minimum absolute atomic E-state index is 0.971. The molecule has 0 bridgehead atoms. The van der Waals surface area contributed by atoms with Gasteiger partial charge in [0.1, 0.15) is 0 Å². The Hall–Kier alpha value is -0.0400. The van der Waals surface area contributed by atoms with E-state index in [2.05, 4.69) is 19.3 Å². The zero-order valence-electron chi connectivity index (χ0n) is 9.90. The second-order valence-corrected chi connectivity index (χ2v) is 3.86. The van der Waals surface area contributed by atoms with E-state index >= 15 is 0 Å². The van der Waals surface area contributed by atoms with Crippen molar-refractivity contribution in [3.63, 3.8) is 0 Å². The molecule has 0 spiro atoms. The third kappa shape index (κ3) is 5.30. The Morgan fingerprint density at radius 3 is 2.31 bits per heavy atom. The molecule has 1 fully saturated rings. The van der Waals surface area contributed by atoms with E-state index in [0.717, 1.165) is 11.8 Å². The van der Waals surface area contributed by atoms with Crippen LogP contribution in [0.25, 0.3) is 0 Å². The molecule has 0 saturated heterocycles. The summed E-state index contributed by atoms with van der Waals surface area (Å²) in [7, 11) is 2.07. The largest absolute Gasteiger partial charge is 0.319 e. The molecule has 1 aliphatic rings. The van der Waals surface area contributed by atoms with Gasteiger partial charge in [-0.25, -0.2) is 0 Å². The number of nitrogens with one attached hydrogen (secondary N) is 1. The van der Waals surface area contributed by atoms with E-state index in [4.69, 9.17) is 0 Å². The van der Waals surface area contributed by atoms with Crippen LogP contribution in [0.5, 0.6) is 0 Å². The van der Waals surface area contributed by atoms with Crippen molar-refractivity contribution >= 4 is 0 Å². The first kappa shape index (κ1) is 13.0. The Morgan fingerprint density at radius 1 is 1.15 bits per heavy atom. The molecule has 1 saturated carbocycles. The van der Waals surface area contributed by atoms with Crippen LogP contribution < -0.4 is 5.32 Å². The highest BCUT2D eigenvalue weighted by Crippen LogP contribution is 2.30. The van der Waals surface area contributed by atoms with E-state index in [-0.39, 0.29) is 0 Å². The highest BCUT2D eigenvalue weighted by molar-refractivity contribution is 4.73. The topological polar surface area (TPSA) is 12.0 Å². The average Bonchev–Trinajstić information content (AvgIpc) is 2.22. The Labute approximate surface area is 84.3 Å². The smallest absolute Gasteiger partial charge is 0.00234 e. The average molecular weight is 185 g/mol. The fourth-order valence-electron chi connectivity index (χ4n) is 2.25. The summed E-state index contributed by atoms with van der Waals surface area (Å²) in [6, 6.07) is 0. The molecule has 0 aliphatic heterocycles. The van der Waals surface area contributed by atoms with Gasteiger partial charge in [-0.2, -0.15) is 0 Å². The van der Waals surface area contributed by atoms with Crippen molar-refractivity contribution in [1.29, 1.82) is 0 Å². The SMILES string of the molecule is CC.CCC1CCCC(CNC)C1. The Kier molecular flexibility index (Phi) is 8.53. The Balaban J connectivity index is 0.000000671. The first-order valence-corrected chi connectivity index (χ1v) is 6.01. The van der Waals surface area contributed by atoms with Crippen molar-refractivity contribution in [2.75, 3.05) is 13.6 Å². The van der Waals surface area contributed by atoms with Gasteiger partial charge in [-0.05, 0) is 38.3 Å². The maximum atomic E-state index is 3.28. The molecular weight excluding hydrogens is 158 g/mol. The van der Waals surface area contributed by atoms with E-state index in [9.17, 15) is 0 Å². The van der Waals surface area contributed by atoms with E-state index < -0.39 is 0 Å². The lowest BCUT2D eigenvalue weighted by atomic mass is 9.80. The molecule has 1 N–H and O–H groups in total. The number of rotatable bonds is 3. The summed E-state index contributed by atoms with van der Waals surface area (Å²) < 4.78 is 0. The van der Waals surface area contributed by atoms with E-state index in [1.54, 1.807) is 0 Å². The summed E-state index contributed by atoms with van der Waals surface area (Å²) in [5.41, 5.74) is 0. The quantitative estimate of drug-likeness (QED) is 0.710. The molecule has 1 rings (SSSR count). The summed E-state index contributed by atoms with van der Waals surface area (Å²) in [5, 5.41) is 3.28. The van der Waals surface area contributed by atoms with Crippen LogP contribution in [0.15, 0.2) is 0 Å². The maximum absolute atomic E-state index is 3.28. The maximum Gasteiger partial charge on any atom is -0.00234 e. The summed E-state index contributed by atoms with van der Waals surface area (Å²) >= 11 is 0. The second kappa shape index (κ2) is 8.55. The molecule has 0 aromatic carbocycles. The monoisotopic (exact) mass is 185 g/mol. The summed E-state index contributed by atoms with van der Waals surface area (Å²) in [6.45, 7) is 7.56. The van der Waals surface area contributed by atoms with Crippen LogP contribution in [-0.4, -0.2) is 13.6 Å². The van der Waals surface area contributed by atoms with Crippen molar-refractivity contribution in [2.45, 2.75) is 52.9 Å². The minimum Gasteiger partial charge on any atom is -0.319 e. The van der Waals surface area contributed by atoms with Crippen molar-refractivity contribution < 1.29 is 0 Å². The first-order valence-electron chi connectivity index (χ1n) is 6.01. The molecule has 0 amide bonds. The molecule has 80 valence electrons. The Bertz CT molecular complexity index is 99.3. The van der Waals surface area contributed by atoms with E-state index in [0.29, 0.717) is 0 Å². The van der Waals surface area contributed by atoms with E-state index in [1.165, 1.54) is 38.6 Å². The lowest BCUT2D eigenvalue weighted by Crippen LogP contribution is -2.24. The normalized spacial score (nSPS) is 27.7. The Morgan fingerprint density at radius 2 is 1.77 bits per heavy atom. The van der Waals surface area contributed by atoms with Gasteiger partial charge in [0.25, 0.3) is 0 Å². The zero-order chi connectivity index (χ0) is 10.1. The van der Waals surface area contributed by atoms with Crippen LogP contribution in [0.1, 0.15) is 52.9 Å². The van der Waals surface area contributed by atoms with Gasteiger partial charge < -0.3 is 5.32 Å². The van der Waals surface area contributed by atoms with Crippen LogP contribution in [0.2, 0.25) is 0 Å². The van der Waals surface area contributed by atoms with Crippen LogP contribution in [0, 0.1) is 11.8 Å². The molecular formula is C12H27N.